The Morgan fingerprint density at radius 1 is 1.04 bits per heavy atom. The van der Waals surface area contributed by atoms with E-state index in [-0.39, 0.29) is 5.91 Å². The van der Waals surface area contributed by atoms with Gasteiger partial charge in [-0.1, -0.05) is 12.1 Å². The topological polar surface area (TPSA) is 41.4 Å². The van der Waals surface area contributed by atoms with Crippen LogP contribution in [0.3, 0.4) is 0 Å². The molecule has 1 amide bonds. The van der Waals surface area contributed by atoms with Crippen molar-refractivity contribution in [1.29, 1.82) is 0 Å². The monoisotopic (exact) mass is 356 g/mol. The molecule has 2 aliphatic rings. The second-order valence-electron chi connectivity index (χ2n) is 6.64. The Bertz CT molecular complexity index is 704. The third-order valence-corrected chi connectivity index (χ3v) is 6.14. The number of nitrogens with zero attached hydrogens (tertiary/aromatic N) is 4. The molecule has 2 aliphatic heterocycles. The van der Waals surface area contributed by atoms with Gasteiger partial charge in [0.25, 0.3) is 5.91 Å². The van der Waals surface area contributed by atoms with Gasteiger partial charge < -0.3 is 4.90 Å². The first-order chi connectivity index (χ1) is 12.3. The lowest BCUT2D eigenvalue weighted by Gasteiger charge is -2.40. The van der Waals surface area contributed by atoms with E-state index in [9.17, 15) is 4.79 Å². The lowest BCUT2D eigenvalue weighted by atomic mass is 10.0. The Balaban J connectivity index is 1.44. The number of rotatable bonds is 3. The van der Waals surface area contributed by atoms with E-state index in [1.54, 1.807) is 10.9 Å². The van der Waals surface area contributed by atoms with Crippen molar-refractivity contribution in [2.75, 3.05) is 37.7 Å². The highest BCUT2D eigenvalue weighted by Crippen LogP contribution is 2.23. The standard InChI is InChI=1S/C19H24N4OS/c24-19(17-4-1-2-5-18(17)23-9-3-8-20-23)22-10-6-16(7-11-22)21-12-14-25-15-13-21/h1-5,8-9,16H,6-7,10-15H2. The molecule has 1 aromatic heterocycles. The zero-order chi connectivity index (χ0) is 17.1. The first kappa shape index (κ1) is 16.7. The number of hydrogen-bond donors (Lipinski definition) is 0. The average Bonchev–Trinajstić information content (AvgIpc) is 3.23. The third kappa shape index (κ3) is 3.60. The number of likely N-dealkylation sites (tertiary alicyclic amines) is 1. The molecule has 2 aromatic rings. The van der Waals surface area contributed by atoms with Crippen LogP contribution in [0.2, 0.25) is 0 Å². The fourth-order valence-electron chi connectivity index (χ4n) is 3.81. The summed E-state index contributed by atoms with van der Waals surface area (Å²) >= 11 is 2.05. The molecular weight excluding hydrogens is 332 g/mol. The fourth-order valence-corrected chi connectivity index (χ4v) is 4.74. The minimum Gasteiger partial charge on any atom is -0.338 e. The third-order valence-electron chi connectivity index (χ3n) is 5.20. The molecule has 6 heteroatoms. The van der Waals surface area contributed by atoms with Crippen LogP contribution in [0.25, 0.3) is 5.69 Å². The summed E-state index contributed by atoms with van der Waals surface area (Å²) in [5, 5.41) is 4.29. The van der Waals surface area contributed by atoms with Crippen LogP contribution in [0.15, 0.2) is 42.7 Å². The smallest absolute Gasteiger partial charge is 0.256 e. The quantitative estimate of drug-likeness (QED) is 0.847. The normalized spacial score (nSPS) is 19.9. The Morgan fingerprint density at radius 2 is 1.80 bits per heavy atom. The molecule has 4 rings (SSSR count). The number of piperidine rings is 1. The highest BCUT2D eigenvalue weighted by molar-refractivity contribution is 7.99. The van der Waals surface area contributed by atoms with Gasteiger partial charge in [0.15, 0.2) is 0 Å². The van der Waals surface area contributed by atoms with E-state index in [1.165, 1.54) is 24.6 Å². The van der Waals surface area contributed by atoms with E-state index >= 15 is 0 Å². The first-order valence-corrected chi connectivity index (χ1v) is 10.2. The van der Waals surface area contributed by atoms with Crippen LogP contribution in [0.1, 0.15) is 23.2 Å². The summed E-state index contributed by atoms with van der Waals surface area (Å²) in [7, 11) is 0. The number of para-hydroxylation sites is 1. The molecule has 0 atom stereocenters. The minimum absolute atomic E-state index is 0.124. The zero-order valence-electron chi connectivity index (χ0n) is 14.4. The number of benzene rings is 1. The summed E-state index contributed by atoms with van der Waals surface area (Å²) in [4.78, 5) is 17.7. The van der Waals surface area contributed by atoms with Crippen LogP contribution in [0.4, 0.5) is 0 Å². The van der Waals surface area contributed by atoms with Crippen molar-refractivity contribution in [2.45, 2.75) is 18.9 Å². The van der Waals surface area contributed by atoms with Gasteiger partial charge in [0.1, 0.15) is 0 Å². The van der Waals surface area contributed by atoms with Gasteiger partial charge in [-0.15, -0.1) is 0 Å². The van der Waals surface area contributed by atoms with E-state index in [0.29, 0.717) is 6.04 Å². The molecule has 2 fully saturated rings. The van der Waals surface area contributed by atoms with Crippen LogP contribution in [0, 0.1) is 0 Å². The number of amides is 1. The van der Waals surface area contributed by atoms with Gasteiger partial charge >= 0.3 is 0 Å². The first-order valence-electron chi connectivity index (χ1n) is 9.03. The Kier molecular flexibility index (Phi) is 5.08. The van der Waals surface area contributed by atoms with Crippen LogP contribution < -0.4 is 0 Å². The number of carbonyl (C=O) groups is 1. The fraction of sp³-hybridized carbons (Fsp3) is 0.474. The molecule has 0 bridgehead atoms. The molecule has 2 saturated heterocycles. The van der Waals surface area contributed by atoms with Crippen LogP contribution in [0.5, 0.6) is 0 Å². The zero-order valence-corrected chi connectivity index (χ0v) is 15.2. The highest BCUT2D eigenvalue weighted by atomic mass is 32.2. The molecule has 25 heavy (non-hydrogen) atoms. The summed E-state index contributed by atoms with van der Waals surface area (Å²) in [6.07, 6.45) is 5.79. The van der Waals surface area contributed by atoms with Crippen molar-refractivity contribution in [1.82, 2.24) is 19.6 Å². The SMILES string of the molecule is O=C(c1ccccc1-n1cccn1)N1CCC(N2CCSCC2)CC1. The van der Waals surface area contributed by atoms with E-state index in [4.69, 9.17) is 0 Å². The van der Waals surface area contributed by atoms with E-state index in [1.807, 2.05) is 41.4 Å². The van der Waals surface area contributed by atoms with E-state index in [0.717, 1.165) is 37.2 Å². The Labute approximate surface area is 153 Å². The second kappa shape index (κ2) is 7.62. The molecule has 1 aromatic carbocycles. The van der Waals surface area contributed by atoms with Crippen molar-refractivity contribution in [2.24, 2.45) is 0 Å². The summed E-state index contributed by atoms with van der Waals surface area (Å²) in [6, 6.07) is 10.3. The van der Waals surface area contributed by atoms with Gasteiger partial charge in [0.05, 0.1) is 11.3 Å². The molecule has 0 saturated carbocycles. The molecule has 0 spiro atoms. The summed E-state index contributed by atoms with van der Waals surface area (Å²) < 4.78 is 1.77. The van der Waals surface area contributed by atoms with Crippen molar-refractivity contribution >= 4 is 17.7 Å². The Hall–Kier alpha value is -1.79. The number of carbonyl (C=O) groups excluding carboxylic acids is 1. The van der Waals surface area contributed by atoms with Gasteiger partial charge in [-0.2, -0.15) is 16.9 Å². The van der Waals surface area contributed by atoms with Gasteiger partial charge in [-0.25, -0.2) is 4.68 Å². The van der Waals surface area contributed by atoms with Gasteiger partial charge in [-0.3, -0.25) is 9.69 Å². The summed E-state index contributed by atoms with van der Waals surface area (Å²) in [5.41, 5.74) is 1.59. The average molecular weight is 356 g/mol. The van der Waals surface area contributed by atoms with Crippen molar-refractivity contribution in [3.63, 3.8) is 0 Å². The molecule has 132 valence electrons. The van der Waals surface area contributed by atoms with Crippen molar-refractivity contribution < 1.29 is 4.79 Å². The number of thioether (sulfide) groups is 1. The molecule has 0 N–H and O–H groups in total. The maximum atomic E-state index is 13.1. The van der Waals surface area contributed by atoms with Crippen LogP contribution >= 0.6 is 11.8 Å². The molecule has 0 aliphatic carbocycles. The predicted molar refractivity (Wildman–Crippen MR) is 101 cm³/mol. The maximum absolute atomic E-state index is 13.1. The van der Waals surface area contributed by atoms with E-state index in [2.05, 4.69) is 21.8 Å². The summed E-state index contributed by atoms with van der Waals surface area (Å²) in [5.74, 6) is 2.62. The van der Waals surface area contributed by atoms with Crippen molar-refractivity contribution in [3.05, 3.63) is 48.3 Å². The second-order valence-corrected chi connectivity index (χ2v) is 7.86. The number of aromatic nitrogens is 2. The lowest BCUT2D eigenvalue weighted by Crippen LogP contribution is -2.49. The lowest BCUT2D eigenvalue weighted by molar-refractivity contribution is 0.0631. The van der Waals surface area contributed by atoms with Gasteiger partial charge in [0.2, 0.25) is 0 Å². The largest absolute Gasteiger partial charge is 0.338 e. The van der Waals surface area contributed by atoms with E-state index < -0.39 is 0 Å². The number of hydrogen-bond acceptors (Lipinski definition) is 4. The van der Waals surface area contributed by atoms with Gasteiger partial charge in [-0.05, 0) is 31.0 Å². The maximum Gasteiger partial charge on any atom is 0.256 e. The predicted octanol–water partition coefficient (Wildman–Crippen LogP) is 2.53. The molecular formula is C19H24N4OS. The van der Waals surface area contributed by atoms with Crippen LogP contribution in [-0.4, -0.2) is 69.2 Å². The summed E-state index contributed by atoms with van der Waals surface area (Å²) in [6.45, 7) is 4.10. The Morgan fingerprint density at radius 3 is 2.52 bits per heavy atom. The molecule has 0 unspecified atom stereocenters. The molecule has 0 radical (unpaired) electrons. The van der Waals surface area contributed by atoms with Crippen LogP contribution in [-0.2, 0) is 0 Å². The van der Waals surface area contributed by atoms with Gasteiger partial charge in [0, 0.05) is 56.1 Å². The highest BCUT2D eigenvalue weighted by Gasteiger charge is 2.29. The minimum atomic E-state index is 0.124. The molecule has 5 nitrogen and oxygen atoms in total. The molecule has 3 heterocycles. The van der Waals surface area contributed by atoms with Crippen molar-refractivity contribution in [3.8, 4) is 5.69 Å².